The van der Waals surface area contributed by atoms with Gasteiger partial charge in [-0.25, -0.2) is 4.39 Å². The number of hydrogen-bond donors (Lipinski definition) is 1. The summed E-state index contributed by atoms with van der Waals surface area (Å²) in [7, 11) is 0. The van der Waals surface area contributed by atoms with Gasteiger partial charge in [-0.15, -0.1) is 0 Å². The van der Waals surface area contributed by atoms with E-state index >= 15 is 0 Å². The molecule has 2 fully saturated rings. The normalized spacial score (nSPS) is 25.7. The summed E-state index contributed by atoms with van der Waals surface area (Å²) in [4.78, 5) is 16.0. The number of hydrogen-bond acceptors (Lipinski definition) is 1. The molecule has 0 atom stereocenters. The maximum absolute atomic E-state index is 13.9. The molecule has 2 heterocycles. The number of carbonyl (C=O) groups excluding carboxylic acids is 1. The van der Waals surface area contributed by atoms with E-state index in [1.165, 1.54) is 11.0 Å². The first kappa shape index (κ1) is 17.7. The number of piperidine rings is 2. The van der Waals surface area contributed by atoms with Crippen molar-refractivity contribution in [1.29, 1.82) is 0 Å². The number of amides is 1. The second-order valence-electron chi connectivity index (χ2n) is 7.41. The summed E-state index contributed by atoms with van der Waals surface area (Å²) in [6.45, 7) is 6.51. The molecule has 0 bridgehead atoms. The molecule has 0 spiro atoms. The molecule has 3 nitrogen and oxygen atoms in total. The molecule has 0 radical (unpaired) electrons. The van der Waals surface area contributed by atoms with E-state index in [-0.39, 0.29) is 11.7 Å². The highest BCUT2D eigenvalue weighted by Gasteiger charge is 2.32. The third-order valence-corrected chi connectivity index (χ3v) is 5.98. The summed E-state index contributed by atoms with van der Waals surface area (Å²) in [6, 6.07) is 4.85. The zero-order valence-corrected chi connectivity index (χ0v) is 15.1. The Balaban J connectivity index is 1.51. The van der Waals surface area contributed by atoms with Gasteiger partial charge in [0.2, 0.25) is 5.91 Å². The Morgan fingerprint density at radius 2 is 1.92 bits per heavy atom. The number of halogens is 2. The van der Waals surface area contributed by atoms with Crippen LogP contribution in [0.3, 0.4) is 0 Å². The maximum Gasteiger partial charge on any atom is 0.226 e. The first-order valence-corrected chi connectivity index (χ1v) is 9.47. The topological polar surface area (TPSA) is 24.8 Å². The average molecular weight is 354 g/mol. The molecule has 2 saturated heterocycles. The molecule has 0 saturated carbocycles. The minimum atomic E-state index is -0.226. The highest BCUT2D eigenvalue weighted by Crippen LogP contribution is 2.22. The fraction of sp³-hybridized carbons (Fsp3) is 0.632. The monoisotopic (exact) mass is 353 g/mol. The van der Waals surface area contributed by atoms with Gasteiger partial charge in [0.25, 0.3) is 0 Å². The summed E-state index contributed by atoms with van der Waals surface area (Å²) in [6.07, 6.45) is 4.04. The van der Waals surface area contributed by atoms with Gasteiger partial charge in [-0.05, 0) is 30.9 Å². The Kier molecular flexibility index (Phi) is 5.77. The highest BCUT2D eigenvalue weighted by molar-refractivity contribution is 6.31. The largest absolute Gasteiger partial charge is 0.342 e. The standard InChI is InChI=1S/C19H26ClFN2O/c1-14-5-11-23(12-6-14)19(24)15-7-9-22(10-8-15)13-16-17(20)3-2-4-18(16)21/h2-4,14-15H,5-13H2,1H3/p+1. The van der Waals surface area contributed by atoms with Crippen LogP contribution >= 0.6 is 11.6 Å². The van der Waals surface area contributed by atoms with E-state index in [4.69, 9.17) is 11.6 Å². The van der Waals surface area contributed by atoms with Crippen molar-refractivity contribution in [2.75, 3.05) is 26.2 Å². The SMILES string of the molecule is CC1CCN(C(=O)C2CC[NH+](Cc3c(F)cccc3Cl)CC2)CC1. The van der Waals surface area contributed by atoms with Crippen LogP contribution < -0.4 is 4.90 Å². The van der Waals surface area contributed by atoms with E-state index in [0.29, 0.717) is 23.0 Å². The second-order valence-corrected chi connectivity index (χ2v) is 7.82. The summed E-state index contributed by atoms with van der Waals surface area (Å²) in [5.74, 6) is 1.00. The number of nitrogens with one attached hydrogen (secondary N) is 1. The van der Waals surface area contributed by atoms with Crippen LogP contribution in [0.4, 0.5) is 4.39 Å². The van der Waals surface area contributed by atoms with Crippen LogP contribution in [0.25, 0.3) is 0 Å². The highest BCUT2D eigenvalue weighted by atomic mass is 35.5. The number of nitrogens with zero attached hydrogens (tertiary/aromatic N) is 1. The molecule has 1 N–H and O–H groups in total. The molecule has 2 aliphatic heterocycles. The third kappa shape index (κ3) is 4.09. The number of likely N-dealkylation sites (tertiary alicyclic amines) is 2. The molecular weight excluding hydrogens is 327 g/mol. The van der Waals surface area contributed by atoms with Gasteiger partial charge in [0.1, 0.15) is 12.4 Å². The molecule has 3 rings (SSSR count). The Morgan fingerprint density at radius 1 is 1.25 bits per heavy atom. The number of carbonyl (C=O) groups is 1. The van der Waals surface area contributed by atoms with Gasteiger partial charge in [-0.3, -0.25) is 4.79 Å². The molecule has 132 valence electrons. The fourth-order valence-corrected chi connectivity index (χ4v) is 4.12. The lowest BCUT2D eigenvalue weighted by Gasteiger charge is -2.35. The molecule has 1 amide bonds. The van der Waals surface area contributed by atoms with Crippen LogP contribution in [0.2, 0.25) is 5.02 Å². The fourth-order valence-electron chi connectivity index (χ4n) is 3.89. The van der Waals surface area contributed by atoms with Gasteiger partial charge in [-0.1, -0.05) is 24.6 Å². The molecule has 1 aromatic carbocycles. The van der Waals surface area contributed by atoms with Crippen LogP contribution in [-0.4, -0.2) is 37.0 Å². The molecule has 0 aromatic heterocycles. The van der Waals surface area contributed by atoms with Crippen LogP contribution in [0.15, 0.2) is 18.2 Å². The lowest BCUT2D eigenvalue weighted by atomic mass is 9.92. The van der Waals surface area contributed by atoms with Crippen molar-refractivity contribution in [3.05, 3.63) is 34.6 Å². The zero-order chi connectivity index (χ0) is 17.1. The summed E-state index contributed by atoms with van der Waals surface area (Å²) in [5, 5.41) is 0.503. The third-order valence-electron chi connectivity index (χ3n) is 5.63. The summed E-state index contributed by atoms with van der Waals surface area (Å²) >= 11 is 6.13. The quantitative estimate of drug-likeness (QED) is 0.887. The predicted molar refractivity (Wildman–Crippen MR) is 93.5 cm³/mol. The van der Waals surface area contributed by atoms with Gasteiger partial charge in [0.15, 0.2) is 0 Å². The lowest BCUT2D eigenvalue weighted by Crippen LogP contribution is -3.11. The molecular formula is C19H27ClFN2O+. The smallest absolute Gasteiger partial charge is 0.226 e. The summed E-state index contributed by atoms with van der Waals surface area (Å²) < 4.78 is 13.9. The van der Waals surface area contributed by atoms with Crippen LogP contribution in [0, 0.1) is 17.7 Å². The molecule has 5 heteroatoms. The average Bonchev–Trinajstić information content (AvgIpc) is 2.59. The minimum absolute atomic E-state index is 0.151. The number of benzene rings is 1. The van der Waals surface area contributed by atoms with Gasteiger partial charge in [0.05, 0.1) is 23.7 Å². The van der Waals surface area contributed by atoms with Crippen molar-refractivity contribution in [2.24, 2.45) is 11.8 Å². The van der Waals surface area contributed by atoms with Crippen molar-refractivity contribution < 1.29 is 14.1 Å². The van der Waals surface area contributed by atoms with Crippen molar-refractivity contribution in [2.45, 2.75) is 39.2 Å². The Labute approximate surface area is 148 Å². The van der Waals surface area contributed by atoms with E-state index in [1.54, 1.807) is 12.1 Å². The van der Waals surface area contributed by atoms with Gasteiger partial charge in [0, 0.05) is 31.8 Å². The summed E-state index contributed by atoms with van der Waals surface area (Å²) in [5.41, 5.74) is 0.601. The lowest BCUT2D eigenvalue weighted by molar-refractivity contribution is -0.919. The van der Waals surface area contributed by atoms with Crippen molar-refractivity contribution in [3.8, 4) is 0 Å². The minimum Gasteiger partial charge on any atom is -0.342 e. The van der Waals surface area contributed by atoms with Crippen molar-refractivity contribution >= 4 is 17.5 Å². The first-order valence-electron chi connectivity index (χ1n) is 9.10. The molecule has 1 aromatic rings. The Bertz CT molecular complexity index is 558. The molecule has 2 aliphatic rings. The van der Waals surface area contributed by atoms with E-state index in [1.807, 2.05) is 0 Å². The predicted octanol–water partition coefficient (Wildman–Crippen LogP) is 2.53. The van der Waals surface area contributed by atoms with Crippen LogP contribution in [0.1, 0.15) is 38.2 Å². The molecule has 0 unspecified atom stereocenters. The van der Waals surface area contributed by atoms with Crippen LogP contribution in [-0.2, 0) is 11.3 Å². The Hall–Kier alpha value is -1.13. The zero-order valence-electron chi connectivity index (χ0n) is 14.4. The molecule has 24 heavy (non-hydrogen) atoms. The van der Waals surface area contributed by atoms with Crippen LogP contribution in [0.5, 0.6) is 0 Å². The second kappa shape index (κ2) is 7.83. The number of rotatable bonds is 3. The first-order chi connectivity index (χ1) is 11.5. The Morgan fingerprint density at radius 3 is 2.54 bits per heavy atom. The van der Waals surface area contributed by atoms with Gasteiger partial charge >= 0.3 is 0 Å². The van der Waals surface area contributed by atoms with Crippen molar-refractivity contribution in [1.82, 2.24) is 4.90 Å². The van der Waals surface area contributed by atoms with E-state index in [9.17, 15) is 9.18 Å². The van der Waals surface area contributed by atoms with Gasteiger partial charge < -0.3 is 9.80 Å². The maximum atomic E-state index is 13.9. The van der Waals surface area contributed by atoms with Gasteiger partial charge in [-0.2, -0.15) is 0 Å². The molecule has 0 aliphatic carbocycles. The van der Waals surface area contributed by atoms with E-state index in [0.717, 1.165) is 57.8 Å². The van der Waals surface area contributed by atoms with E-state index in [2.05, 4.69) is 11.8 Å². The van der Waals surface area contributed by atoms with Crippen molar-refractivity contribution in [3.63, 3.8) is 0 Å². The number of quaternary nitrogens is 1. The van der Waals surface area contributed by atoms with E-state index < -0.39 is 0 Å².